The fourth-order valence-electron chi connectivity index (χ4n) is 2.96. The summed E-state index contributed by atoms with van der Waals surface area (Å²) < 4.78 is 5.34. The highest BCUT2D eigenvalue weighted by atomic mass is 31.2. The maximum Gasteiger partial charge on any atom is 0.0621 e. The van der Waals surface area contributed by atoms with Gasteiger partial charge in [-0.25, -0.2) is 0 Å². The van der Waals surface area contributed by atoms with Gasteiger partial charge in [0.25, 0.3) is 0 Å². The zero-order chi connectivity index (χ0) is 16.1. The average molecular weight is 319 g/mol. The van der Waals surface area contributed by atoms with Crippen LogP contribution in [0.2, 0.25) is 0 Å². The van der Waals surface area contributed by atoms with Gasteiger partial charge in [0.15, 0.2) is 0 Å². The molecule has 0 heterocycles. The molecule has 0 fully saturated rings. The maximum atomic E-state index is 5.34. The van der Waals surface area contributed by atoms with Crippen molar-refractivity contribution in [3.63, 3.8) is 0 Å². The molecule has 0 aliphatic rings. The Kier molecular flexibility index (Phi) is 4.79. The molecule has 0 radical (unpaired) electrons. The fourth-order valence-corrected chi connectivity index (χ4v) is 6.67. The standard InChI is InChI=1S/C21H22NP/c1-18(2)23(20-14-8-4-9-15-20,21-16-10-5-11-17-21)22-19-12-6-3-7-13-19/h3-18H,1-2H3. The van der Waals surface area contributed by atoms with Gasteiger partial charge in [-0.2, -0.15) is 0 Å². The largest absolute Gasteiger partial charge is 0.258 e. The highest BCUT2D eigenvalue weighted by Crippen LogP contribution is 2.54. The second-order valence-electron chi connectivity index (χ2n) is 5.89. The minimum Gasteiger partial charge on any atom is -0.258 e. The van der Waals surface area contributed by atoms with Gasteiger partial charge in [0.05, 0.1) is 5.69 Å². The Bertz CT molecular complexity index is 750. The number of hydrogen-bond donors (Lipinski definition) is 0. The molecule has 0 amide bonds. The molecule has 116 valence electrons. The minimum atomic E-state index is -1.87. The molecule has 0 N–H and O–H groups in total. The van der Waals surface area contributed by atoms with Gasteiger partial charge in [-0.3, -0.25) is 4.74 Å². The summed E-state index contributed by atoms with van der Waals surface area (Å²) >= 11 is 0. The van der Waals surface area contributed by atoms with Crippen LogP contribution in [0.3, 0.4) is 0 Å². The summed E-state index contributed by atoms with van der Waals surface area (Å²) in [6.07, 6.45) is 0. The van der Waals surface area contributed by atoms with Crippen LogP contribution in [0, 0.1) is 0 Å². The van der Waals surface area contributed by atoms with Gasteiger partial charge in [-0.05, 0) is 28.4 Å². The van der Waals surface area contributed by atoms with E-state index in [1.54, 1.807) is 0 Å². The predicted molar refractivity (Wildman–Crippen MR) is 103 cm³/mol. The SMILES string of the molecule is CC(C)P(=Nc1ccccc1)(c1ccccc1)c1ccccc1. The average Bonchev–Trinajstić information content (AvgIpc) is 2.62. The normalized spacial score (nSPS) is 11.4. The topological polar surface area (TPSA) is 12.4 Å². The molecule has 3 aromatic carbocycles. The van der Waals surface area contributed by atoms with Crippen molar-refractivity contribution in [3.8, 4) is 0 Å². The van der Waals surface area contributed by atoms with Crippen LogP contribution >= 0.6 is 7.05 Å². The second-order valence-corrected chi connectivity index (χ2v) is 9.52. The van der Waals surface area contributed by atoms with Gasteiger partial charge in [0.2, 0.25) is 0 Å². The summed E-state index contributed by atoms with van der Waals surface area (Å²) in [6, 6.07) is 31.9. The maximum absolute atomic E-state index is 5.34. The molecule has 3 rings (SSSR count). The van der Waals surface area contributed by atoms with Crippen LogP contribution < -0.4 is 10.6 Å². The van der Waals surface area contributed by atoms with Gasteiger partial charge in [-0.1, -0.05) is 92.7 Å². The molecule has 0 spiro atoms. The van der Waals surface area contributed by atoms with Crippen molar-refractivity contribution >= 4 is 23.4 Å². The first-order valence-electron chi connectivity index (χ1n) is 8.02. The monoisotopic (exact) mass is 319 g/mol. The third-order valence-electron chi connectivity index (χ3n) is 4.08. The summed E-state index contributed by atoms with van der Waals surface area (Å²) in [7, 11) is -1.87. The van der Waals surface area contributed by atoms with Gasteiger partial charge < -0.3 is 0 Å². The van der Waals surface area contributed by atoms with E-state index in [9.17, 15) is 0 Å². The van der Waals surface area contributed by atoms with E-state index < -0.39 is 7.05 Å². The van der Waals surface area contributed by atoms with Crippen molar-refractivity contribution < 1.29 is 0 Å². The number of nitrogens with zero attached hydrogens (tertiary/aromatic N) is 1. The van der Waals surface area contributed by atoms with Crippen LogP contribution in [0.25, 0.3) is 0 Å². The summed E-state index contributed by atoms with van der Waals surface area (Å²) in [5.41, 5.74) is 1.50. The number of benzene rings is 3. The van der Waals surface area contributed by atoms with E-state index in [4.69, 9.17) is 4.74 Å². The zero-order valence-electron chi connectivity index (χ0n) is 13.6. The Morgan fingerprint density at radius 2 is 1.00 bits per heavy atom. The van der Waals surface area contributed by atoms with Crippen LogP contribution in [-0.2, 0) is 0 Å². The van der Waals surface area contributed by atoms with E-state index in [0.29, 0.717) is 5.66 Å². The smallest absolute Gasteiger partial charge is 0.0621 e. The molecule has 3 aromatic rings. The molecule has 0 aliphatic carbocycles. The van der Waals surface area contributed by atoms with Crippen molar-refractivity contribution in [1.82, 2.24) is 0 Å². The van der Waals surface area contributed by atoms with Crippen molar-refractivity contribution in [3.05, 3.63) is 91.0 Å². The zero-order valence-corrected chi connectivity index (χ0v) is 14.5. The molecule has 1 nitrogen and oxygen atoms in total. The number of hydrogen-bond acceptors (Lipinski definition) is 1. The van der Waals surface area contributed by atoms with Crippen molar-refractivity contribution in [2.24, 2.45) is 4.74 Å². The molecule has 0 atom stereocenters. The van der Waals surface area contributed by atoms with Crippen molar-refractivity contribution in [2.45, 2.75) is 19.5 Å². The minimum absolute atomic E-state index is 0.438. The lowest BCUT2D eigenvalue weighted by atomic mass is 10.3. The predicted octanol–water partition coefficient (Wildman–Crippen LogP) is 5.58. The lowest BCUT2D eigenvalue weighted by Crippen LogP contribution is -2.22. The Labute approximate surface area is 139 Å². The van der Waals surface area contributed by atoms with Gasteiger partial charge in [-0.15, -0.1) is 0 Å². The van der Waals surface area contributed by atoms with Crippen LogP contribution in [-0.4, -0.2) is 5.66 Å². The van der Waals surface area contributed by atoms with E-state index in [1.165, 1.54) is 10.6 Å². The highest BCUT2D eigenvalue weighted by Gasteiger charge is 2.28. The Hall–Kier alpha value is -2.11. The van der Waals surface area contributed by atoms with E-state index >= 15 is 0 Å². The molecule has 0 aromatic heterocycles. The van der Waals surface area contributed by atoms with Crippen molar-refractivity contribution in [1.29, 1.82) is 0 Å². The van der Waals surface area contributed by atoms with E-state index in [1.807, 2.05) is 6.07 Å². The summed E-state index contributed by atoms with van der Waals surface area (Å²) in [6.45, 7) is 4.58. The molecule has 0 bridgehead atoms. The van der Waals surface area contributed by atoms with E-state index in [2.05, 4.69) is 98.8 Å². The van der Waals surface area contributed by atoms with Crippen LogP contribution in [0.5, 0.6) is 0 Å². The molecular formula is C21H22NP. The molecule has 0 unspecified atom stereocenters. The van der Waals surface area contributed by atoms with E-state index in [0.717, 1.165) is 5.69 Å². The second kappa shape index (κ2) is 6.98. The van der Waals surface area contributed by atoms with Crippen LogP contribution in [0.1, 0.15) is 13.8 Å². The van der Waals surface area contributed by atoms with Gasteiger partial charge in [0.1, 0.15) is 0 Å². The molecular weight excluding hydrogens is 297 g/mol. The third-order valence-corrected chi connectivity index (χ3v) is 8.29. The lowest BCUT2D eigenvalue weighted by molar-refractivity contribution is 1.09. The third kappa shape index (κ3) is 3.16. The van der Waals surface area contributed by atoms with Crippen LogP contribution in [0.15, 0.2) is 95.7 Å². The van der Waals surface area contributed by atoms with E-state index in [-0.39, 0.29) is 0 Å². The lowest BCUT2D eigenvalue weighted by Gasteiger charge is -2.30. The van der Waals surface area contributed by atoms with Gasteiger partial charge in [0, 0.05) is 7.05 Å². The first kappa shape index (κ1) is 15.8. The summed E-state index contributed by atoms with van der Waals surface area (Å²) in [5, 5.41) is 2.68. The molecule has 23 heavy (non-hydrogen) atoms. The first-order valence-corrected chi connectivity index (χ1v) is 9.83. The summed E-state index contributed by atoms with van der Waals surface area (Å²) in [5.74, 6) is 0. The number of rotatable bonds is 4. The van der Waals surface area contributed by atoms with Gasteiger partial charge >= 0.3 is 0 Å². The first-order chi connectivity index (χ1) is 11.2. The Morgan fingerprint density at radius 3 is 1.39 bits per heavy atom. The summed E-state index contributed by atoms with van der Waals surface area (Å²) in [4.78, 5) is 0. The highest BCUT2D eigenvalue weighted by molar-refractivity contribution is 7.81. The fraction of sp³-hybridized carbons (Fsp3) is 0.143. The van der Waals surface area contributed by atoms with Crippen molar-refractivity contribution in [2.75, 3.05) is 0 Å². The van der Waals surface area contributed by atoms with Crippen LogP contribution in [0.4, 0.5) is 5.69 Å². The molecule has 0 saturated carbocycles. The molecule has 0 aliphatic heterocycles. The Morgan fingerprint density at radius 1 is 0.609 bits per heavy atom. The molecule has 2 heteroatoms. The molecule has 0 saturated heterocycles. The Balaban J connectivity index is 2.35. The quantitative estimate of drug-likeness (QED) is 0.557.